The average Bonchev–Trinajstić information content (AvgIpc) is 2.66. The second-order valence-electron chi connectivity index (χ2n) is 3.93. The molecule has 4 nitrogen and oxygen atoms in total. The molecule has 2 N–H and O–H groups in total. The lowest BCUT2D eigenvalue weighted by Gasteiger charge is -2.12. The molecule has 2 unspecified atom stereocenters. The minimum atomic E-state index is 0. The molecule has 1 fully saturated rings. The molecule has 0 aromatic rings. The number of amides is 1. The van der Waals surface area contributed by atoms with E-state index in [9.17, 15) is 4.79 Å². The molecule has 0 spiro atoms. The number of carbonyl (C=O) groups is 1. The fourth-order valence-electron chi connectivity index (χ4n) is 1.45. The fraction of sp³-hybridized carbons (Fsp3) is 0.900. The number of carbonyl (C=O) groups excluding carboxylic acids is 1. The van der Waals surface area contributed by atoms with E-state index >= 15 is 0 Å². The van der Waals surface area contributed by atoms with Crippen LogP contribution in [0.5, 0.6) is 0 Å². The molecule has 0 aromatic heterocycles. The van der Waals surface area contributed by atoms with Gasteiger partial charge in [0, 0.05) is 32.2 Å². The third-order valence-corrected chi connectivity index (χ3v) is 2.60. The number of ether oxygens (including phenoxy) is 1. The highest BCUT2D eigenvalue weighted by Gasteiger charge is 2.18. The Hall–Kier alpha value is -0.320. The van der Waals surface area contributed by atoms with Crippen LogP contribution in [0.1, 0.15) is 19.8 Å². The molecule has 2 atom stereocenters. The molecule has 0 bridgehead atoms. The van der Waals surface area contributed by atoms with Crippen LogP contribution in [0.25, 0.3) is 0 Å². The largest absolute Gasteiger partial charge is 0.381 e. The van der Waals surface area contributed by atoms with Crippen molar-refractivity contribution < 1.29 is 9.53 Å². The molecular formula is C10H21ClN2O2. The first-order valence-electron chi connectivity index (χ1n) is 5.24. The van der Waals surface area contributed by atoms with Gasteiger partial charge >= 0.3 is 0 Å². The minimum Gasteiger partial charge on any atom is -0.381 e. The van der Waals surface area contributed by atoms with Crippen molar-refractivity contribution in [2.24, 2.45) is 5.92 Å². The van der Waals surface area contributed by atoms with E-state index < -0.39 is 0 Å². The Morgan fingerprint density at radius 3 is 2.87 bits per heavy atom. The maximum Gasteiger partial charge on any atom is 0.220 e. The van der Waals surface area contributed by atoms with Gasteiger partial charge in [0.1, 0.15) is 0 Å². The standard InChI is InChI=1S/C10H20N2O2.ClH/c1-8(11-2)6-12-10(13)5-9-3-4-14-7-9;/h8-9,11H,3-7H2,1-2H3,(H,12,13);1H. The molecule has 1 amide bonds. The van der Waals surface area contributed by atoms with Gasteiger partial charge in [-0.25, -0.2) is 0 Å². The van der Waals surface area contributed by atoms with Crippen molar-refractivity contribution in [2.45, 2.75) is 25.8 Å². The van der Waals surface area contributed by atoms with E-state index in [-0.39, 0.29) is 18.3 Å². The molecule has 15 heavy (non-hydrogen) atoms. The van der Waals surface area contributed by atoms with E-state index in [1.54, 1.807) is 0 Å². The summed E-state index contributed by atoms with van der Waals surface area (Å²) in [6.07, 6.45) is 1.63. The smallest absolute Gasteiger partial charge is 0.220 e. The van der Waals surface area contributed by atoms with Crippen molar-refractivity contribution in [1.82, 2.24) is 10.6 Å². The van der Waals surface area contributed by atoms with E-state index in [1.807, 2.05) is 14.0 Å². The highest BCUT2D eigenvalue weighted by atomic mass is 35.5. The van der Waals surface area contributed by atoms with Gasteiger partial charge in [-0.3, -0.25) is 4.79 Å². The van der Waals surface area contributed by atoms with Gasteiger partial charge in [-0.05, 0) is 26.3 Å². The van der Waals surface area contributed by atoms with Crippen LogP contribution >= 0.6 is 12.4 Å². The minimum absolute atomic E-state index is 0. The Bertz CT molecular complexity index is 184. The molecule has 1 rings (SSSR count). The molecule has 0 radical (unpaired) electrons. The summed E-state index contributed by atoms with van der Waals surface area (Å²) in [4.78, 5) is 11.4. The first-order valence-corrected chi connectivity index (χ1v) is 5.24. The molecule has 1 heterocycles. The van der Waals surface area contributed by atoms with Crippen LogP contribution in [0.2, 0.25) is 0 Å². The summed E-state index contributed by atoms with van der Waals surface area (Å²) >= 11 is 0. The molecule has 0 aliphatic carbocycles. The van der Waals surface area contributed by atoms with Crippen LogP contribution in [-0.4, -0.2) is 38.8 Å². The second-order valence-corrected chi connectivity index (χ2v) is 3.93. The monoisotopic (exact) mass is 236 g/mol. The van der Waals surface area contributed by atoms with Gasteiger partial charge in [-0.1, -0.05) is 0 Å². The zero-order valence-electron chi connectivity index (χ0n) is 9.41. The van der Waals surface area contributed by atoms with Gasteiger partial charge in [0.25, 0.3) is 0 Å². The molecule has 90 valence electrons. The number of hydrogen-bond acceptors (Lipinski definition) is 3. The summed E-state index contributed by atoms with van der Waals surface area (Å²) in [6.45, 7) is 4.29. The molecule has 0 aromatic carbocycles. The van der Waals surface area contributed by atoms with Gasteiger partial charge in [-0.2, -0.15) is 0 Å². The second kappa shape index (κ2) is 7.91. The lowest BCUT2D eigenvalue weighted by atomic mass is 10.0. The van der Waals surface area contributed by atoms with Crippen LogP contribution in [0.15, 0.2) is 0 Å². The number of halogens is 1. The molecular weight excluding hydrogens is 216 g/mol. The van der Waals surface area contributed by atoms with Gasteiger partial charge < -0.3 is 15.4 Å². The summed E-state index contributed by atoms with van der Waals surface area (Å²) in [5.41, 5.74) is 0. The normalized spacial score (nSPS) is 21.9. The van der Waals surface area contributed by atoms with Crippen LogP contribution < -0.4 is 10.6 Å². The van der Waals surface area contributed by atoms with E-state index in [1.165, 1.54) is 0 Å². The lowest BCUT2D eigenvalue weighted by Crippen LogP contribution is -2.37. The number of nitrogens with one attached hydrogen (secondary N) is 2. The quantitative estimate of drug-likeness (QED) is 0.734. The van der Waals surface area contributed by atoms with E-state index in [2.05, 4.69) is 10.6 Å². The van der Waals surface area contributed by atoms with Crippen molar-refractivity contribution >= 4 is 18.3 Å². The molecule has 1 aliphatic heterocycles. The first kappa shape index (κ1) is 14.7. The van der Waals surface area contributed by atoms with Crippen molar-refractivity contribution in [3.05, 3.63) is 0 Å². The van der Waals surface area contributed by atoms with E-state index in [4.69, 9.17) is 4.74 Å². The van der Waals surface area contributed by atoms with Crippen molar-refractivity contribution in [2.75, 3.05) is 26.8 Å². The summed E-state index contributed by atoms with van der Waals surface area (Å²) in [7, 11) is 1.89. The predicted molar refractivity (Wildman–Crippen MR) is 62.3 cm³/mol. The van der Waals surface area contributed by atoms with Crippen LogP contribution in [0.4, 0.5) is 0 Å². The van der Waals surface area contributed by atoms with Gasteiger partial charge in [0.2, 0.25) is 5.91 Å². The zero-order chi connectivity index (χ0) is 10.4. The van der Waals surface area contributed by atoms with Crippen molar-refractivity contribution in [1.29, 1.82) is 0 Å². The Morgan fingerprint density at radius 2 is 2.33 bits per heavy atom. The first-order chi connectivity index (χ1) is 6.72. The third kappa shape index (κ3) is 5.97. The van der Waals surface area contributed by atoms with Gasteiger partial charge in [0.05, 0.1) is 0 Å². The Morgan fingerprint density at radius 1 is 1.60 bits per heavy atom. The zero-order valence-corrected chi connectivity index (χ0v) is 10.2. The highest BCUT2D eigenvalue weighted by Crippen LogP contribution is 2.15. The molecule has 0 saturated carbocycles. The molecule has 5 heteroatoms. The summed E-state index contributed by atoms with van der Waals surface area (Å²) in [5.74, 6) is 0.572. The van der Waals surface area contributed by atoms with E-state index in [0.717, 1.165) is 19.6 Å². The van der Waals surface area contributed by atoms with Crippen LogP contribution in [0, 0.1) is 5.92 Å². The highest BCUT2D eigenvalue weighted by molar-refractivity contribution is 5.85. The average molecular weight is 237 g/mol. The third-order valence-electron chi connectivity index (χ3n) is 2.60. The number of rotatable bonds is 5. The van der Waals surface area contributed by atoms with Gasteiger partial charge in [0.15, 0.2) is 0 Å². The number of likely N-dealkylation sites (N-methyl/N-ethyl adjacent to an activating group) is 1. The maximum absolute atomic E-state index is 11.4. The summed E-state index contributed by atoms with van der Waals surface area (Å²) in [6, 6.07) is 0.332. The molecule has 1 aliphatic rings. The predicted octanol–water partition coefficient (Wildman–Crippen LogP) is 0.559. The Balaban J connectivity index is 0.00000196. The lowest BCUT2D eigenvalue weighted by molar-refractivity contribution is -0.122. The number of hydrogen-bond donors (Lipinski definition) is 2. The van der Waals surface area contributed by atoms with Gasteiger partial charge in [-0.15, -0.1) is 12.4 Å². The Kier molecular flexibility index (Phi) is 7.74. The Labute approximate surface area is 97.5 Å². The van der Waals surface area contributed by atoms with Crippen LogP contribution in [-0.2, 0) is 9.53 Å². The SMILES string of the molecule is CNC(C)CNC(=O)CC1CCOC1.Cl. The van der Waals surface area contributed by atoms with Crippen molar-refractivity contribution in [3.63, 3.8) is 0 Å². The van der Waals surface area contributed by atoms with E-state index in [0.29, 0.717) is 24.9 Å². The fourth-order valence-corrected chi connectivity index (χ4v) is 1.45. The summed E-state index contributed by atoms with van der Waals surface area (Å²) < 4.78 is 5.21. The maximum atomic E-state index is 11.4. The van der Waals surface area contributed by atoms with Crippen molar-refractivity contribution in [3.8, 4) is 0 Å². The topological polar surface area (TPSA) is 50.4 Å². The van der Waals surface area contributed by atoms with Crippen LogP contribution in [0.3, 0.4) is 0 Å². The molecule has 1 saturated heterocycles. The summed E-state index contributed by atoms with van der Waals surface area (Å²) in [5, 5.41) is 5.98.